The SMILES string of the molecule is OC1(c2cscc2Br)CCOCC1. The fraction of sp³-hybridized carbons (Fsp3) is 0.556. The molecular weight excluding hydrogens is 252 g/mol. The van der Waals surface area contributed by atoms with E-state index in [1.54, 1.807) is 11.3 Å². The molecule has 1 saturated heterocycles. The molecule has 0 bridgehead atoms. The lowest BCUT2D eigenvalue weighted by Crippen LogP contribution is -2.33. The maximum atomic E-state index is 10.3. The van der Waals surface area contributed by atoms with Gasteiger partial charge in [-0.25, -0.2) is 0 Å². The molecule has 2 rings (SSSR count). The van der Waals surface area contributed by atoms with Gasteiger partial charge in [0.05, 0.1) is 5.60 Å². The van der Waals surface area contributed by atoms with Gasteiger partial charge in [-0.2, -0.15) is 11.3 Å². The van der Waals surface area contributed by atoms with Crippen LogP contribution >= 0.6 is 27.3 Å². The van der Waals surface area contributed by atoms with Crippen LogP contribution in [-0.2, 0) is 10.3 Å². The van der Waals surface area contributed by atoms with Crippen molar-refractivity contribution >= 4 is 27.3 Å². The van der Waals surface area contributed by atoms with Gasteiger partial charge in [-0.05, 0) is 21.3 Å². The summed E-state index contributed by atoms with van der Waals surface area (Å²) >= 11 is 5.06. The molecule has 0 unspecified atom stereocenters. The molecule has 1 aromatic heterocycles. The minimum absolute atomic E-state index is 0.652. The van der Waals surface area contributed by atoms with Gasteiger partial charge in [0.2, 0.25) is 0 Å². The lowest BCUT2D eigenvalue weighted by molar-refractivity contribution is -0.0680. The molecule has 0 amide bonds. The topological polar surface area (TPSA) is 29.5 Å². The molecule has 0 aliphatic carbocycles. The van der Waals surface area contributed by atoms with Gasteiger partial charge in [0, 0.05) is 41.5 Å². The number of hydrogen-bond acceptors (Lipinski definition) is 3. The quantitative estimate of drug-likeness (QED) is 0.843. The van der Waals surface area contributed by atoms with Crippen LogP contribution in [0.1, 0.15) is 18.4 Å². The summed E-state index contributed by atoms with van der Waals surface area (Å²) in [5, 5.41) is 14.3. The third-order valence-corrected chi connectivity index (χ3v) is 4.14. The van der Waals surface area contributed by atoms with E-state index in [2.05, 4.69) is 15.9 Å². The smallest absolute Gasteiger partial charge is 0.0959 e. The summed E-state index contributed by atoms with van der Waals surface area (Å²) < 4.78 is 6.25. The third-order valence-electron chi connectivity index (χ3n) is 2.44. The molecule has 1 aliphatic rings. The number of thiophene rings is 1. The summed E-state index contributed by atoms with van der Waals surface area (Å²) in [6.45, 7) is 1.30. The van der Waals surface area contributed by atoms with Gasteiger partial charge in [0.25, 0.3) is 0 Å². The molecule has 0 saturated carbocycles. The highest BCUT2D eigenvalue weighted by Crippen LogP contribution is 2.38. The molecule has 0 spiro atoms. The van der Waals surface area contributed by atoms with E-state index >= 15 is 0 Å². The maximum Gasteiger partial charge on any atom is 0.0959 e. The maximum absolute atomic E-state index is 10.3. The summed E-state index contributed by atoms with van der Waals surface area (Å²) in [5.41, 5.74) is 0.345. The lowest BCUT2D eigenvalue weighted by Gasteiger charge is -2.31. The Morgan fingerprint density at radius 3 is 2.62 bits per heavy atom. The Morgan fingerprint density at radius 1 is 1.38 bits per heavy atom. The molecule has 4 heteroatoms. The summed E-state index contributed by atoms with van der Waals surface area (Å²) in [4.78, 5) is 0. The van der Waals surface area contributed by atoms with Crippen LogP contribution in [-0.4, -0.2) is 18.3 Å². The second-order valence-electron chi connectivity index (χ2n) is 3.28. The summed E-state index contributed by atoms with van der Waals surface area (Å²) in [6, 6.07) is 0. The van der Waals surface area contributed by atoms with E-state index in [1.807, 2.05) is 10.8 Å². The third kappa shape index (κ3) is 1.81. The average Bonchev–Trinajstić information content (AvgIpc) is 2.53. The average molecular weight is 263 g/mol. The number of hydrogen-bond donors (Lipinski definition) is 1. The minimum atomic E-state index is -0.670. The van der Waals surface area contributed by atoms with Crippen molar-refractivity contribution in [2.75, 3.05) is 13.2 Å². The molecule has 72 valence electrons. The van der Waals surface area contributed by atoms with Crippen molar-refractivity contribution in [2.24, 2.45) is 0 Å². The molecule has 13 heavy (non-hydrogen) atoms. The highest BCUT2D eigenvalue weighted by molar-refractivity contribution is 9.10. The molecule has 1 aliphatic heterocycles. The van der Waals surface area contributed by atoms with Crippen molar-refractivity contribution in [3.8, 4) is 0 Å². The van der Waals surface area contributed by atoms with Crippen molar-refractivity contribution < 1.29 is 9.84 Å². The molecule has 0 aromatic carbocycles. The van der Waals surface area contributed by atoms with Gasteiger partial charge in [-0.3, -0.25) is 0 Å². The monoisotopic (exact) mass is 262 g/mol. The van der Waals surface area contributed by atoms with Gasteiger partial charge in [0.15, 0.2) is 0 Å². The van der Waals surface area contributed by atoms with E-state index in [9.17, 15) is 5.11 Å². The first-order valence-corrected chi connectivity index (χ1v) is 5.98. The van der Waals surface area contributed by atoms with Gasteiger partial charge in [-0.1, -0.05) is 0 Å². The molecule has 0 radical (unpaired) electrons. The Bertz CT molecular complexity index is 292. The predicted octanol–water partition coefficient (Wildman–Crippen LogP) is 2.51. The van der Waals surface area contributed by atoms with Crippen LogP contribution in [0.5, 0.6) is 0 Å². The van der Waals surface area contributed by atoms with E-state index in [0.29, 0.717) is 26.1 Å². The second-order valence-corrected chi connectivity index (χ2v) is 4.88. The highest BCUT2D eigenvalue weighted by atomic mass is 79.9. The van der Waals surface area contributed by atoms with Crippen molar-refractivity contribution in [1.29, 1.82) is 0 Å². The zero-order valence-corrected chi connectivity index (χ0v) is 9.53. The van der Waals surface area contributed by atoms with Crippen molar-refractivity contribution in [3.05, 3.63) is 20.8 Å². The number of ether oxygens (including phenoxy) is 1. The van der Waals surface area contributed by atoms with Gasteiger partial charge < -0.3 is 9.84 Å². The van der Waals surface area contributed by atoms with Crippen molar-refractivity contribution in [2.45, 2.75) is 18.4 Å². The van der Waals surface area contributed by atoms with Crippen LogP contribution < -0.4 is 0 Å². The van der Waals surface area contributed by atoms with E-state index in [1.165, 1.54) is 0 Å². The van der Waals surface area contributed by atoms with E-state index in [0.717, 1.165) is 10.0 Å². The number of rotatable bonds is 1. The van der Waals surface area contributed by atoms with Crippen molar-refractivity contribution in [3.63, 3.8) is 0 Å². The Balaban J connectivity index is 2.27. The molecule has 0 atom stereocenters. The van der Waals surface area contributed by atoms with E-state index in [-0.39, 0.29) is 0 Å². The summed E-state index contributed by atoms with van der Waals surface area (Å²) in [5.74, 6) is 0. The second kappa shape index (κ2) is 3.69. The van der Waals surface area contributed by atoms with Crippen LogP contribution in [0.2, 0.25) is 0 Å². The predicted molar refractivity (Wildman–Crippen MR) is 56.0 cm³/mol. The first-order valence-electron chi connectivity index (χ1n) is 4.25. The standard InChI is InChI=1S/C9H11BrO2S/c10-8-6-13-5-7(8)9(11)1-3-12-4-2-9/h5-6,11H,1-4H2. The normalized spacial score (nSPS) is 21.7. The van der Waals surface area contributed by atoms with Gasteiger partial charge >= 0.3 is 0 Å². The fourth-order valence-electron chi connectivity index (χ4n) is 1.59. The van der Waals surface area contributed by atoms with Crippen LogP contribution in [0.4, 0.5) is 0 Å². The van der Waals surface area contributed by atoms with Crippen molar-refractivity contribution in [1.82, 2.24) is 0 Å². The number of aliphatic hydroxyl groups is 1. The summed E-state index contributed by atoms with van der Waals surface area (Å²) in [7, 11) is 0. The fourth-order valence-corrected chi connectivity index (χ4v) is 3.35. The Hall–Kier alpha value is 0.1000. The number of halogens is 1. The van der Waals surface area contributed by atoms with Crippen LogP contribution in [0.15, 0.2) is 15.2 Å². The molecule has 2 heterocycles. The molecular formula is C9H11BrO2S. The molecule has 1 aromatic rings. The van der Waals surface area contributed by atoms with Gasteiger partial charge in [0.1, 0.15) is 0 Å². The highest BCUT2D eigenvalue weighted by Gasteiger charge is 2.33. The summed E-state index contributed by atoms with van der Waals surface area (Å²) in [6.07, 6.45) is 1.39. The first-order chi connectivity index (χ1) is 6.22. The minimum Gasteiger partial charge on any atom is -0.385 e. The first kappa shape index (κ1) is 9.65. The van der Waals surface area contributed by atoms with Crippen LogP contribution in [0.25, 0.3) is 0 Å². The Morgan fingerprint density at radius 2 is 2.08 bits per heavy atom. The van der Waals surface area contributed by atoms with E-state index in [4.69, 9.17) is 4.74 Å². The molecule has 1 N–H and O–H groups in total. The van der Waals surface area contributed by atoms with Crippen LogP contribution in [0, 0.1) is 0 Å². The molecule has 2 nitrogen and oxygen atoms in total. The Labute approximate surface area is 89.7 Å². The zero-order valence-electron chi connectivity index (χ0n) is 7.12. The lowest BCUT2D eigenvalue weighted by atomic mass is 9.88. The largest absolute Gasteiger partial charge is 0.385 e. The Kier molecular flexibility index (Phi) is 2.74. The molecule has 1 fully saturated rings. The van der Waals surface area contributed by atoms with Gasteiger partial charge in [-0.15, -0.1) is 0 Å². The van der Waals surface area contributed by atoms with E-state index < -0.39 is 5.60 Å². The van der Waals surface area contributed by atoms with Crippen LogP contribution in [0.3, 0.4) is 0 Å². The zero-order chi connectivity index (χ0) is 9.31.